The first kappa shape index (κ1) is 29.8. The number of hydrogen-bond donors (Lipinski definition) is 4. The molecule has 12 nitrogen and oxygen atoms in total. The maximum Gasteiger partial charge on any atom is 0.320 e. The summed E-state index contributed by atoms with van der Waals surface area (Å²) in [5, 5.41) is 37.7. The quantitative estimate of drug-likeness (QED) is 0.319. The van der Waals surface area contributed by atoms with Crippen LogP contribution < -0.4 is 0 Å². The van der Waals surface area contributed by atoms with Gasteiger partial charge in [0.15, 0.2) is 0 Å². The lowest BCUT2D eigenvalue weighted by atomic mass is 9.88. The Hall–Kier alpha value is -2.28. The molecule has 34 heavy (non-hydrogen) atoms. The van der Waals surface area contributed by atoms with Crippen molar-refractivity contribution in [1.82, 2.24) is 19.6 Å². The summed E-state index contributed by atoms with van der Waals surface area (Å²) in [7, 11) is 0. The van der Waals surface area contributed by atoms with Gasteiger partial charge in [0.2, 0.25) is 0 Å². The van der Waals surface area contributed by atoms with Crippen LogP contribution in [0.5, 0.6) is 0 Å². The third-order valence-electron chi connectivity index (χ3n) is 5.84. The molecule has 1 heterocycles. The maximum absolute atomic E-state index is 12.1. The third kappa shape index (κ3) is 12.8. The van der Waals surface area contributed by atoms with Gasteiger partial charge in [-0.2, -0.15) is 0 Å². The minimum atomic E-state index is -1.02. The van der Waals surface area contributed by atoms with Crippen LogP contribution in [0.2, 0.25) is 0 Å². The number of nitrogens with zero attached hydrogens (tertiary/aromatic N) is 4. The first-order valence-electron chi connectivity index (χ1n) is 11.6. The van der Waals surface area contributed by atoms with E-state index in [-0.39, 0.29) is 25.0 Å². The molecule has 1 atom stereocenters. The highest BCUT2D eigenvalue weighted by atomic mass is 16.4. The molecule has 1 fully saturated rings. The number of hydrogen-bond acceptors (Lipinski definition) is 8. The van der Waals surface area contributed by atoms with Crippen molar-refractivity contribution in [1.29, 1.82) is 0 Å². The average molecular weight is 489 g/mol. The Kier molecular flexibility index (Phi) is 12.4. The van der Waals surface area contributed by atoms with E-state index in [1.165, 1.54) is 0 Å². The topological polar surface area (TPSA) is 162 Å². The summed E-state index contributed by atoms with van der Waals surface area (Å²) in [6.45, 7) is 7.79. The molecular weight excluding hydrogens is 448 g/mol. The van der Waals surface area contributed by atoms with E-state index in [1.54, 1.807) is 19.6 Å². The molecular formula is C22H40N4O8. The van der Waals surface area contributed by atoms with Gasteiger partial charge in [-0.15, -0.1) is 0 Å². The Morgan fingerprint density at radius 1 is 0.647 bits per heavy atom. The van der Waals surface area contributed by atoms with E-state index in [0.29, 0.717) is 65.2 Å². The van der Waals surface area contributed by atoms with Crippen molar-refractivity contribution in [3.8, 4) is 0 Å². The summed E-state index contributed by atoms with van der Waals surface area (Å²) in [4.78, 5) is 52.9. The van der Waals surface area contributed by atoms with Crippen LogP contribution in [-0.4, -0.2) is 142 Å². The zero-order valence-corrected chi connectivity index (χ0v) is 20.5. The molecule has 0 bridgehead atoms. The molecule has 1 saturated heterocycles. The van der Waals surface area contributed by atoms with Crippen molar-refractivity contribution >= 4 is 23.9 Å². The first-order chi connectivity index (χ1) is 15.8. The summed E-state index contributed by atoms with van der Waals surface area (Å²) in [6, 6.07) is -0.774. The van der Waals surface area contributed by atoms with Crippen LogP contribution in [0.25, 0.3) is 0 Å². The minimum absolute atomic E-state index is 0.0571. The van der Waals surface area contributed by atoms with Crippen LogP contribution in [0, 0.1) is 5.41 Å². The molecule has 0 saturated carbocycles. The smallest absolute Gasteiger partial charge is 0.320 e. The molecule has 0 aromatic heterocycles. The monoisotopic (exact) mass is 488 g/mol. The zero-order chi connectivity index (χ0) is 25.9. The Balaban J connectivity index is 3.13. The van der Waals surface area contributed by atoms with Crippen molar-refractivity contribution in [2.24, 2.45) is 5.41 Å². The van der Waals surface area contributed by atoms with Gasteiger partial charge in [-0.25, -0.2) is 0 Å². The number of rotatable bonds is 10. The van der Waals surface area contributed by atoms with Crippen LogP contribution in [0.4, 0.5) is 0 Å². The lowest BCUT2D eigenvalue weighted by Crippen LogP contribution is -2.52. The predicted octanol–water partition coefficient (Wildman–Crippen LogP) is -0.259. The molecule has 0 radical (unpaired) electrons. The average Bonchev–Trinajstić information content (AvgIpc) is 2.67. The Bertz CT molecular complexity index is 665. The van der Waals surface area contributed by atoms with Crippen molar-refractivity contribution in [2.75, 3.05) is 72.0 Å². The van der Waals surface area contributed by atoms with E-state index < -0.39 is 29.9 Å². The van der Waals surface area contributed by atoms with Crippen LogP contribution >= 0.6 is 0 Å². The second kappa shape index (κ2) is 14.2. The van der Waals surface area contributed by atoms with Crippen LogP contribution in [0.1, 0.15) is 33.6 Å². The van der Waals surface area contributed by atoms with Gasteiger partial charge >= 0.3 is 23.9 Å². The van der Waals surface area contributed by atoms with Gasteiger partial charge in [0.1, 0.15) is 6.04 Å². The highest BCUT2D eigenvalue weighted by molar-refractivity contribution is 5.73. The van der Waals surface area contributed by atoms with Crippen LogP contribution in [0.15, 0.2) is 0 Å². The van der Waals surface area contributed by atoms with Crippen molar-refractivity contribution in [3.63, 3.8) is 0 Å². The Labute approximate surface area is 200 Å². The van der Waals surface area contributed by atoms with Gasteiger partial charge in [-0.05, 0) is 18.3 Å². The van der Waals surface area contributed by atoms with E-state index in [2.05, 4.69) is 0 Å². The van der Waals surface area contributed by atoms with E-state index in [9.17, 15) is 39.6 Å². The standard InChI is InChI=1S/C22H40N4O8/c1-22(2,3)5-4-17(21(33)34)26-12-10-24(15-19(29)30)8-6-23(14-18(27)28)7-9-25(11-13-26)16-20(31)32/h17H,4-16H2,1-3H3,(H,27,28)(H,29,30)(H,31,32)(H,33,34). The molecule has 1 aliphatic rings. The summed E-state index contributed by atoms with van der Waals surface area (Å²) in [6.07, 6.45) is 1.10. The number of carboxylic acids is 4. The lowest BCUT2D eigenvalue weighted by Gasteiger charge is -2.36. The van der Waals surface area contributed by atoms with E-state index in [1.807, 2.05) is 20.8 Å². The first-order valence-corrected chi connectivity index (χ1v) is 11.6. The molecule has 1 unspecified atom stereocenters. The molecule has 0 aromatic rings. The van der Waals surface area contributed by atoms with Gasteiger partial charge in [-0.1, -0.05) is 20.8 Å². The van der Waals surface area contributed by atoms with Gasteiger partial charge in [0.05, 0.1) is 19.6 Å². The van der Waals surface area contributed by atoms with E-state index in [0.717, 1.165) is 0 Å². The zero-order valence-electron chi connectivity index (χ0n) is 20.5. The fraction of sp³-hybridized carbons (Fsp3) is 0.818. The third-order valence-corrected chi connectivity index (χ3v) is 5.84. The molecule has 1 rings (SSSR count). The van der Waals surface area contributed by atoms with Crippen LogP contribution in [0.3, 0.4) is 0 Å². The van der Waals surface area contributed by atoms with E-state index in [4.69, 9.17) is 0 Å². The Morgan fingerprint density at radius 3 is 1.24 bits per heavy atom. The second-order valence-electron chi connectivity index (χ2n) is 10.00. The van der Waals surface area contributed by atoms with Gasteiger partial charge in [0.25, 0.3) is 0 Å². The maximum atomic E-state index is 12.1. The fourth-order valence-corrected chi connectivity index (χ4v) is 3.94. The molecule has 0 aromatic carbocycles. The number of carboxylic acid groups (broad SMARTS) is 4. The SMILES string of the molecule is CC(C)(C)CCC(C(=O)O)N1CCN(CC(=O)O)CCN(CC(=O)O)CCN(CC(=O)O)CC1. The molecule has 4 N–H and O–H groups in total. The van der Waals surface area contributed by atoms with Crippen molar-refractivity contribution < 1.29 is 39.6 Å². The van der Waals surface area contributed by atoms with Crippen molar-refractivity contribution in [3.05, 3.63) is 0 Å². The Morgan fingerprint density at radius 2 is 0.971 bits per heavy atom. The van der Waals surface area contributed by atoms with Gasteiger partial charge in [0, 0.05) is 52.4 Å². The van der Waals surface area contributed by atoms with E-state index >= 15 is 0 Å². The minimum Gasteiger partial charge on any atom is -0.480 e. The highest BCUT2D eigenvalue weighted by Gasteiger charge is 2.29. The number of aliphatic carboxylic acids is 4. The van der Waals surface area contributed by atoms with Gasteiger partial charge < -0.3 is 20.4 Å². The largest absolute Gasteiger partial charge is 0.480 e. The van der Waals surface area contributed by atoms with Crippen molar-refractivity contribution in [2.45, 2.75) is 39.7 Å². The summed E-state index contributed by atoms with van der Waals surface area (Å²) >= 11 is 0. The highest BCUT2D eigenvalue weighted by Crippen LogP contribution is 2.23. The molecule has 12 heteroatoms. The molecule has 0 amide bonds. The lowest BCUT2D eigenvalue weighted by molar-refractivity contribution is -0.145. The molecule has 0 aliphatic carbocycles. The summed E-state index contributed by atoms with van der Waals surface area (Å²) < 4.78 is 0. The fourth-order valence-electron chi connectivity index (χ4n) is 3.94. The molecule has 0 spiro atoms. The summed E-state index contributed by atoms with van der Waals surface area (Å²) in [5.41, 5.74) is -0.0571. The summed E-state index contributed by atoms with van der Waals surface area (Å²) in [5.74, 6) is -4.01. The number of carbonyl (C=O) groups is 4. The predicted molar refractivity (Wildman–Crippen MR) is 124 cm³/mol. The second-order valence-corrected chi connectivity index (χ2v) is 10.00. The molecule has 1 aliphatic heterocycles. The molecule has 196 valence electrons. The van der Waals surface area contributed by atoms with Gasteiger partial charge in [-0.3, -0.25) is 38.8 Å². The normalized spacial score (nSPS) is 19.6. The van der Waals surface area contributed by atoms with Crippen LogP contribution in [-0.2, 0) is 19.2 Å².